The first-order chi connectivity index (χ1) is 13.7. The number of H-pyrrole nitrogens is 1. The van der Waals surface area contributed by atoms with Crippen molar-refractivity contribution in [3.05, 3.63) is 30.6 Å². The Labute approximate surface area is 172 Å². The van der Waals surface area contributed by atoms with E-state index < -0.39 is 0 Å². The number of hydrogen-bond donors (Lipinski definition) is 1. The molecule has 1 N–H and O–H groups in total. The molecule has 6 heteroatoms. The first-order valence-electron chi connectivity index (χ1n) is 10.6. The number of hydrogen-bond acceptors (Lipinski definition) is 5. The van der Waals surface area contributed by atoms with Crippen LogP contribution in [0.25, 0.3) is 16.7 Å². The Morgan fingerprint density at radius 3 is 2.61 bits per heavy atom. The lowest BCUT2D eigenvalue weighted by Gasteiger charge is -2.47. The maximum atomic E-state index is 4.68. The van der Waals surface area contributed by atoms with Gasteiger partial charge in [-0.05, 0) is 63.8 Å². The number of rotatable bonds is 5. The molecule has 5 nitrogen and oxygen atoms in total. The standard InChI is InChI=1S/C22H31N5S/c1-15-20-12-24-22-19(10-11-23-22)21(20)27(14-26(15)17-8-9-17)18-6-4-16(5-7-18)13-25(2)28-3/h10-12,16-18H,1,4-9,13-14H2,2-3H3,(H,23,24). The molecule has 0 aromatic carbocycles. The van der Waals surface area contributed by atoms with Crippen molar-refractivity contribution in [3.63, 3.8) is 0 Å². The number of fused-ring (bicyclic) bond motifs is 3. The van der Waals surface area contributed by atoms with Crippen molar-refractivity contribution in [1.82, 2.24) is 19.2 Å². The summed E-state index contributed by atoms with van der Waals surface area (Å²) in [6, 6.07) is 3.48. The lowest BCUT2D eigenvalue weighted by molar-refractivity contribution is 0.263. The van der Waals surface area contributed by atoms with Gasteiger partial charge in [0.15, 0.2) is 0 Å². The molecule has 0 saturated heterocycles. The van der Waals surface area contributed by atoms with Crippen molar-refractivity contribution in [2.45, 2.75) is 50.6 Å². The Morgan fingerprint density at radius 1 is 1.18 bits per heavy atom. The van der Waals surface area contributed by atoms with Gasteiger partial charge in [0.2, 0.25) is 0 Å². The highest BCUT2D eigenvalue weighted by Crippen LogP contribution is 2.45. The maximum Gasteiger partial charge on any atom is 0.139 e. The highest BCUT2D eigenvalue weighted by atomic mass is 32.2. The highest BCUT2D eigenvalue weighted by molar-refractivity contribution is 7.96. The van der Waals surface area contributed by atoms with Crippen LogP contribution in [0.4, 0.5) is 5.69 Å². The average molecular weight is 398 g/mol. The summed E-state index contributed by atoms with van der Waals surface area (Å²) in [6.07, 6.45) is 14.0. The lowest BCUT2D eigenvalue weighted by atomic mass is 9.84. The number of nitrogens with one attached hydrogen (secondary N) is 1. The second-order valence-corrected chi connectivity index (χ2v) is 9.68. The summed E-state index contributed by atoms with van der Waals surface area (Å²) < 4.78 is 2.38. The van der Waals surface area contributed by atoms with Crippen molar-refractivity contribution in [3.8, 4) is 0 Å². The van der Waals surface area contributed by atoms with Crippen molar-refractivity contribution in [1.29, 1.82) is 0 Å². The van der Waals surface area contributed by atoms with Crippen LogP contribution in [0.5, 0.6) is 0 Å². The van der Waals surface area contributed by atoms with E-state index in [4.69, 9.17) is 0 Å². The van der Waals surface area contributed by atoms with Crippen LogP contribution in [-0.4, -0.2) is 57.8 Å². The third-order valence-electron chi connectivity index (χ3n) is 6.88. The summed E-state index contributed by atoms with van der Waals surface area (Å²) in [7, 11) is 2.21. The number of nitrogens with zero attached hydrogens (tertiary/aromatic N) is 4. The van der Waals surface area contributed by atoms with E-state index in [1.807, 2.05) is 24.3 Å². The molecule has 0 unspecified atom stereocenters. The van der Waals surface area contributed by atoms with Crippen LogP contribution in [0.2, 0.25) is 0 Å². The van der Waals surface area contributed by atoms with E-state index in [1.54, 1.807) is 0 Å². The quantitative estimate of drug-likeness (QED) is 0.750. The molecule has 0 radical (unpaired) electrons. The SMILES string of the molecule is C=C1c2cnc3[nH]ccc3c2N(C2CCC(CN(C)SC)CC2)CN1C1CC1. The molecule has 2 aliphatic carbocycles. The fraction of sp³-hybridized carbons (Fsp3) is 0.591. The van der Waals surface area contributed by atoms with Crippen LogP contribution >= 0.6 is 11.9 Å². The van der Waals surface area contributed by atoms with Crippen LogP contribution < -0.4 is 4.90 Å². The summed E-state index contributed by atoms with van der Waals surface area (Å²) >= 11 is 1.85. The minimum absolute atomic E-state index is 0.615. The zero-order valence-electron chi connectivity index (χ0n) is 17.0. The van der Waals surface area contributed by atoms with Crippen LogP contribution in [0.15, 0.2) is 25.0 Å². The Bertz CT molecular complexity index is 865. The molecule has 28 heavy (non-hydrogen) atoms. The second-order valence-electron chi connectivity index (χ2n) is 8.69. The van der Waals surface area contributed by atoms with Gasteiger partial charge in [-0.3, -0.25) is 4.31 Å². The van der Waals surface area contributed by atoms with E-state index in [-0.39, 0.29) is 0 Å². The van der Waals surface area contributed by atoms with Crippen LogP contribution in [-0.2, 0) is 0 Å². The third-order valence-corrected chi connectivity index (χ3v) is 7.65. The van der Waals surface area contributed by atoms with Crippen LogP contribution in [0.3, 0.4) is 0 Å². The number of aromatic nitrogens is 2. The predicted octanol–water partition coefficient (Wildman–Crippen LogP) is 4.54. The molecule has 0 bridgehead atoms. The van der Waals surface area contributed by atoms with E-state index in [0.717, 1.165) is 18.2 Å². The lowest BCUT2D eigenvalue weighted by Crippen LogP contribution is -2.49. The van der Waals surface area contributed by atoms with Gasteiger partial charge < -0.3 is 14.8 Å². The topological polar surface area (TPSA) is 38.4 Å². The fourth-order valence-electron chi connectivity index (χ4n) is 5.09. The monoisotopic (exact) mass is 397 g/mol. The molecular formula is C22H31N5S. The van der Waals surface area contributed by atoms with E-state index in [1.165, 1.54) is 67.4 Å². The van der Waals surface area contributed by atoms with Crippen LogP contribution in [0.1, 0.15) is 44.1 Å². The molecule has 3 aliphatic rings. The molecule has 3 heterocycles. The van der Waals surface area contributed by atoms with Gasteiger partial charge in [0.05, 0.1) is 12.4 Å². The van der Waals surface area contributed by atoms with E-state index in [0.29, 0.717) is 12.1 Å². The zero-order chi connectivity index (χ0) is 19.3. The summed E-state index contributed by atoms with van der Waals surface area (Å²) in [5, 5.41) is 1.25. The zero-order valence-corrected chi connectivity index (χ0v) is 17.8. The van der Waals surface area contributed by atoms with E-state index >= 15 is 0 Å². The van der Waals surface area contributed by atoms with Gasteiger partial charge in [-0.15, -0.1) is 0 Å². The van der Waals surface area contributed by atoms with E-state index in [9.17, 15) is 0 Å². The number of pyridine rings is 1. The second kappa shape index (κ2) is 7.30. The maximum absolute atomic E-state index is 4.68. The summed E-state index contributed by atoms with van der Waals surface area (Å²) in [6.45, 7) is 6.66. The van der Waals surface area contributed by atoms with Crippen molar-refractivity contribution in [2.75, 3.05) is 31.4 Å². The first kappa shape index (κ1) is 18.4. The van der Waals surface area contributed by atoms with Crippen LogP contribution in [0, 0.1) is 5.92 Å². The first-order valence-corrected chi connectivity index (χ1v) is 11.8. The van der Waals surface area contributed by atoms with Gasteiger partial charge in [0.1, 0.15) is 5.65 Å². The van der Waals surface area contributed by atoms with Gasteiger partial charge in [0, 0.05) is 47.7 Å². The molecule has 2 fully saturated rings. The Hall–Kier alpha value is -1.66. The van der Waals surface area contributed by atoms with Crippen molar-refractivity contribution in [2.24, 2.45) is 5.92 Å². The number of anilines is 1. The molecule has 0 atom stereocenters. The van der Waals surface area contributed by atoms with Gasteiger partial charge in [-0.25, -0.2) is 4.98 Å². The fourth-order valence-corrected chi connectivity index (χ4v) is 5.45. The van der Waals surface area contributed by atoms with Gasteiger partial charge >= 0.3 is 0 Å². The average Bonchev–Trinajstić information content (AvgIpc) is 3.44. The molecule has 2 saturated carbocycles. The summed E-state index contributed by atoms with van der Waals surface area (Å²) in [4.78, 5) is 13.2. The predicted molar refractivity (Wildman–Crippen MR) is 119 cm³/mol. The summed E-state index contributed by atoms with van der Waals surface area (Å²) in [5.74, 6) is 0.831. The minimum atomic E-state index is 0.615. The van der Waals surface area contributed by atoms with E-state index in [2.05, 4.69) is 50.0 Å². The summed E-state index contributed by atoms with van der Waals surface area (Å²) in [5.41, 5.74) is 4.75. The van der Waals surface area contributed by atoms with Gasteiger partial charge in [-0.1, -0.05) is 18.5 Å². The largest absolute Gasteiger partial charge is 0.351 e. The number of aromatic amines is 1. The van der Waals surface area contributed by atoms with Crippen molar-refractivity contribution >= 4 is 34.4 Å². The van der Waals surface area contributed by atoms with Gasteiger partial charge in [-0.2, -0.15) is 0 Å². The molecular weight excluding hydrogens is 366 g/mol. The molecule has 0 amide bonds. The third kappa shape index (κ3) is 3.20. The van der Waals surface area contributed by atoms with Crippen molar-refractivity contribution < 1.29 is 0 Å². The minimum Gasteiger partial charge on any atom is -0.351 e. The Balaban J connectivity index is 1.43. The molecule has 1 aliphatic heterocycles. The molecule has 2 aromatic rings. The molecule has 0 spiro atoms. The molecule has 150 valence electrons. The Kier molecular flexibility index (Phi) is 4.79. The highest BCUT2D eigenvalue weighted by Gasteiger charge is 2.39. The normalized spacial score (nSPS) is 25.6. The molecule has 5 rings (SSSR count). The van der Waals surface area contributed by atoms with Gasteiger partial charge in [0.25, 0.3) is 0 Å². The smallest absolute Gasteiger partial charge is 0.139 e. The molecule has 2 aromatic heterocycles. The Morgan fingerprint density at radius 2 is 1.89 bits per heavy atom.